The third-order valence-corrected chi connectivity index (χ3v) is 3.44. The molecule has 0 heterocycles. The van der Waals surface area contributed by atoms with Crippen LogP contribution in [0.1, 0.15) is 23.6 Å². The van der Waals surface area contributed by atoms with Crippen LogP contribution in [0.25, 0.3) is 11.1 Å². The van der Waals surface area contributed by atoms with Gasteiger partial charge < -0.3 is 5.32 Å². The predicted octanol–water partition coefficient (Wildman–Crippen LogP) is 4.22. The molecule has 2 heteroatoms. The highest BCUT2D eigenvalue weighted by Gasteiger charge is 2.09. The van der Waals surface area contributed by atoms with Crippen LogP contribution in [0.3, 0.4) is 0 Å². The fourth-order valence-electron chi connectivity index (χ4n) is 2.24. The Kier molecular flexibility index (Phi) is 4.33. The zero-order valence-corrected chi connectivity index (χ0v) is 11.8. The van der Waals surface area contributed by atoms with E-state index in [1.807, 2.05) is 13.0 Å². The van der Waals surface area contributed by atoms with E-state index in [2.05, 4.69) is 37.4 Å². The highest BCUT2D eigenvalue weighted by atomic mass is 19.1. The minimum atomic E-state index is -0.144. The van der Waals surface area contributed by atoms with Crippen LogP contribution in [-0.2, 0) is 6.54 Å². The largest absolute Gasteiger partial charge is 0.313 e. The van der Waals surface area contributed by atoms with Crippen molar-refractivity contribution in [1.82, 2.24) is 5.32 Å². The van der Waals surface area contributed by atoms with Gasteiger partial charge in [0.05, 0.1) is 0 Å². The molecule has 1 nitrogen and oxygen atoms in total. The van der Waals surface area contributed by atoms with Gasteiger partial charge in [-0.1, -0.05) is 31.2 Å². The first-order chi connectivity index (χ1) is 9.13. The molecule has 0 aliphatic rings. The van der Waals surface area contributed by atoms with Gasteiger partial charge in [-0.15, -0.1) is 0 Å². The minimum Gasteiger partial charge on any atom is -0.313 e. The molecule has 0 unspecified atom stereocenters. The summed E-state index contributed by atoms with van der Waals surface area (Å²) in [5, 5.41) is 3.31. The minimum absolute atomic E-state index is 0.144. The van der Waals surface area contributed by atoms with E-state index in [1.165, 1.54) is 17.2 Å². The average molecular weight is 257 g/mol. The quantitative estimate of drug-likeness (QED) is 0.864. The zero-order valence-electron chi connectivity index (χ0n) is 11.8. The second kappa shape index (κ2) is 5.98. The van der Waals surface area contributed by atoms with E-state index in [9.17, 15) is 4.39 Å². The zero-order chi connectivity index (χ0) is 13.8. The van der Waals surface area contributed by atoms with Gasteiger partial charge in [0.25, 0.3) is 0 Å². The van der Waals surface area contributed by atoms with Crippen LogP contribution in [0, 0.1) is 19.7 Å². The first-order valence-electron chi connectivity index (χ1n) is 6.69. The molecule has 1 N–H and O–H groups in total. The lowest BCUT2D eigenvalue weighted by molar-refractivity contribution is 0.619. The molecule has 100 valence electrons. The van der Waals surface area contributed by atoms with Crippen LogP contribution < -0.4 is 5.32 Å². The molecule has 0 saturated heterocycles. The summed E-state index contributed by atoms with van der Waals surface area (Å²) in [4.78, 5) is 0. The summed E-state index contributed by atoms with van der Waals surface area (Å²) in [5.74, 6) is -0.144. The van der Waals surface area contributed by atoms with Crippen molar-refractivity contribution < 1.29 is 4.39 Å². The normalized spacial score (nSPS) is 10.7. The standard InChI is InChI=1S/C17H20FN/c1-4-19-11-14-9-8-12(2)16(10-14)15-6-5-7-17(18)13(15)3/h5-10,19H,4,11H2,1-3H3. The molecule has 0 aliphatic heterocycles. The Morgan fingerprint density at radius 2 is 1.84 bits per heavy atom. The van der Waals surface area contributed by atoms with Gasteiger partial charge in [0, 0.05) is 6.54 Å². The van der Waals surface area contributed by atoms with Crippen molar-refractivity contribution in [3.63, 3.8) is 0 Å². The Morgan fingerprint density at radius 3 is 2.58 bits per heavy atom. The van der Waals surface area contributed by atoms with E-state index < -0.39 is 0 Å². The summed E-state index contributed by atoms with van der Waals surface area (Å²) in [6.07, 6.45) is 0. The second-order valence-corrected chi connectivity index (χ2v) is 4.84. The molecule has 0 saturated carbocycles. The van der Waals surface area contributed by atoms with E-state index in [0.717, 1.165) is 24.2 Å². The lowest BCUT2D eigenvalue weighted by Crippen LogP contribution is -2.11. The Morgan fingerprint density at radius 1 is 1.05 bits per heavy atom. The molecule has 0 aliphatic carbocycles. The van der Waals surface area contributed by atoms with E-state index >= 15 is 0 Å². The van der Waals surface area contributed by atoms with E-state index in [1.54, 1.807) is 6.07 Å². The van der Waals surface area contributed by atoms with Crippen LogP contribution in [-0.4, -0.2) is 6.54 Å². The fourth-order valence-corrected chi connectivity index (χ4v) is 2.24. The van der Waals surface area contributed by atoms with Crippen molar-refractivity contribution in [2.45, 2.75) is 27.3 Å². The molecular weight excluding hydrogens is 237 g/mol. The maximum Gasteiger partial charge on any atom is 0.126 e. The highest BCUT2D eigenvalue weighted by molar-refractivity contribution is 5.71. The maximum absolute atomic E-state index is 13.7. The van der Waals surface area contributed by atoms with Crippen molar-refractivity contribution in [3.05, 3.63) is 58.9 Å². The lowest BCUT2D eigenvalue weighted by Gasteiger charge is -2.12. The topological polar surface area (TPSA) is 12.0 Å². The Bertz CT molecular complexity index is 575. The fraction of sp³-hybridized carbons (Fsp3) is 0.294. The van der Waals surface area contributed by atoms with Crippen LogP contribution in [0.15, 0.2) is 36.4 Å². The smallest absolute Gasteiger partial charge is 0.126 e. The molecule has 0 bridgehead atoms. The molecular formula is C17H20FN. The number of nitrogens with one attached hydrogen (secondary N) is 1. The van der Waals surface area contributed by atoms with Crippen molar-refractivity contribution in [1.29, 1.82) is 0 Å². The van der Waals surface area contributed by atoms with Crippen LogP contribution >= 0.6 is 0 Å². The molecule has 2 rings (SSSR count). The molecule has 0 fully saturated rings. The van der Waals surface area contributed by atoms with Crippen LogP contribution in [0.5, 0.6) is 0 Å². The first-order valence-corrected chi connectivity index (χ1v) is 6.69. The molecule has 19 heavy (non-hydrogen) atoms. The molecule has 2 aromatic rings. The average Bonchev–Trinajstić information content (AvgIpc) is 2.41. The number of halogens is 1. The predicted molar refractivity (Wildman–Crippen MR) is 78.7 cm³/mol. The summed E-state index contributed by atoms with van der Waals surface area (Å²) in [6, 6.07) is 11.6. The van der Waals surface area contributed by atoms with Gasteiger partial charge in [0.2, 0.25) is 0 Å². The summed E-state index contributed by atoms with van der Waals surface area (Å²) in [6.45, 7) is 7.78. The number of hydrogen-bond donors (Lipinski definition) is 1. The van der Waals surface area contributed by atoms with Gasteiger partial charge in [0.15, 0.2) is 0 Å². The maximum atomic E-state index is 13.7. The highest BCUT2D eigenvalue weighted by Crippen LogP contribution is 2.28. The molecule has 0 amide bonds. The van der Waals surface area contributed by atoms with Gasteiger partial charge in [0.1, 0.15) is 5.82 Å². The van der Waals surface area contributed by atoms with Crippen molar-refractivity contribution in [3.8, 4) is 11.1 Å². The second-order valence-electron chi connectivity index (χ2n) is 4.84. The van der Waals surface area contributed by atoms with E-state index in [4.69, 9.17) is 0 Å². The van der Waals surface area contributed by atoms with Crippen LogP contribution in [0.4, 0.5) is 4.39 Å². The molecule has 0 spiro atoms. The monoisotopic (exact) mass is 257 g/mol. The van der Waals surface area contributed by atoms with E-state index in [0.29, 0.717) is 5.56 Å². The number of benzene rings is 2. The van der Waals surface area contributed by atoms with Gasteiger partial charge in [-0.2, -0.15) is 0 Å². The summed E-state index contributed by atoms with van der Waals surface area (Å²) >= 11 is 0. The Labute approximate surface area is 114 Å². The van der Waals surface area contributed by atoms with Gasteiger partial charge >= 0.3 is 0 Å². The van der Waals surface area contributed by atoms with Gasteiger partial charge in [-0.3, -0.25) is 0 Å². The summed E-state index contributed by atoms with van der Waals surface area (Å²) in [5.41, 5.74) is 5.22. The van der Waals surface area contributed by atoms with Crippen molar-refractivity contribution in [2.24, 2.45) is 0 Å². The van der Waals surface area contributed by atoms with Crippen LogP contribution in [0.2, 0.25) is 0 Å². The lowest BCUT2D eigenvalue weighted by atomic mass is 9.94. The summed E-state index contributed by atoms with van der Waals surface area (Å²) < 4.78 is 13.7. The summed E-state index contributed by atoms with van der Waals surface area (Å²) in [7, 11) is 0. The molecule has 0 aromatic heterocycles. The van der Waals surface area contributed by atoms with Gasteiger partial charge in [-0.25, -0.2) is 4.39 Å². The van der Waals surface area contributed by atoms with Gasteiger partial charge in [-0.05, 0) is 60.3 Å². The number of hydrogen-bond acceptors (Lipinski definition) is 1. The SMILES string of the molecule is CCNCc1ccc(C)c(-c2cccc(F)c2C)c1. The third-order valence-electron chi connectivity index (χ3n) is 3.44. The number of aryl methyl sites for hydroxylation is 1. The molecule has 2 aromatic carbocycles. The third kappa shape index (κ3) is 3.02. The first kappa shape index (κ1) is 13.8. The Balaban J connectivity index is 2.45. The van der Waals surface area contributed by atoms with Crippen molar-refractivity contribution in [2.75, 3.05) is 6.54 Å². The molecule has 0 radical (unpaired) electrons. The molecule has 0 atom stereocenters. The number of rotatable bonds is 4. The van der Waals surface area contributed by atoms with Crippen molar-refractivity contribution >= 4 is 0 Å². The Hall–Kier alpha value is -1.67. The van der Waals surface area contributed by atoms with E-state index in [-0.39, 0.29) is 5.82 Å².